The molecule has 0 spiro atoms. The fourth-order valence-electron chi connectivity index (χ4n) is 3.70. The Labute approximate surface area is 154 Å². The summed E-state index contributed by atoms with van der Waals surface area (Å²) in [6.45, 7) is 4.05. The minimum atomic E-state index is -3.72. The van der Waals surface area contributed by atoms with Crippen LogP contribution in [-0.2, 0) is 14.8 Å². The molecule has 6 nitrogen and oxygen atoms in total. The van der Waals surface area contributed by atoms with Crippen LogP contribution in [0.3, 0.4) is 0 Å². The molecule has 2 fully saturated rings. The maximum Gasteiger partial charge on any atom is 0.240 e. The molecule has 3 rings (SSSR count). The summed E-state index contributed by atoms with van der Waals surface area (Å²) >= 11 is 0. The summed E-state index contributed by atoms with van der Waals surface area (Å²) in [5.41, 5.74) is 0. The second kappa shape index (κ2) is 8.65. The smallest absolute Gasteiger partial charge is 0.240 e. The molecule has 0 atom stereocenters. The third kappa shape index (κ3) is 4.73. The zero-order chi connectivity index (χ0) is 18.6. The Balaban J connectivity index is 1.50. The molecule has 2 aliphatic heterocycles. The van der Waals surface area contributed by atoms with Crippen LogP contribution in [0.25, 0.3) is 0 Å². The summed E-state index contributed by atoms with van der Waals surface area (Å²) < 4.78 is 51.4. The Morgan fingerprint density at radius 1 is 1.23 bits per heavy atom. The van der Waals surface area contributed by atoms with Crippen molar-refractivity contribution >= 4 is 10.0 Å². The number of nitrogens with one attached hydrogen (secondary N) is 1. The Bertz CT molecular complexity index is 699. The van der Waals surface area contributed by atoms with E-state index in [9.17, 15) is 12.8 Å². The van der Waals surface area contributed by atoms with Crippen LogP contribution in [0.15, 0.2) is 23.1 Å². The van der Waals surface area contributed by atoms with E-state index in [2.05, 4.69) is 9.62 Å². The van der Waals surface area contributed by atoms with Crippen molar-refractivity contribution in [1.29, 1.82) is 0 Å². The topological polar surface area (TPSA) is 67.9 Å². The molecule has 1 aromatic rings. The third-order valence-electron chi connectivity index (χ3n) is 5.35. The van der Waals surface area contributed by atoms with Crippen LogP contribution in [-0.4, -0.2) is 59.3 Å². The van der Waals surface area contributed by atoms with Crippen molar-refractivity contribution < 1.29 is 22.3 Å². The molecule has 0 saturated carbocycles. The first-order valence-electron chi connectivity index (χ1n) is 9.14. The highest BCUT2D eigenvalue weighted by Crippen LogP contribution is 2.24. The van der Waals surface area contributed by atoms with Crippen LogP contribution in [0.4, 0.5) is 4.39 Å². The lowest BCUT2D eigenvalue weighted by atomic mass is 9.94. The van der Waals surface area contributed by atoms with Crippen LogP contribution in [0, 0.1) is 11.7 Å². The highest BCUT2D eigenvalue weighted by molar-refractivity contribution is 7.89. The van der Waals surface area contributed by atoms with E-state index in [1.807, 2.05) is 0 Å². The maximum absolute atomic E-state index is 13.8. The number of sulfonamides is 1. The maximum atomic E-state index is 13.8. The highest BCUT2D eigenvalue weighted by Gasteiger charge is 2.27. The van der Waals surface area contributed by atoms with E-state index in [1.54, 1.807) is 0 Å². The molecule has 0 radical (unpaired) electrons. The van der Waals surface area contributed by atoms with Gasteiger partial charge in [-0.1, -0.05) is 0 Å². The van der Waals surface area contributed by atoms with Crippen molar-refractivity contribution in [1.82, 2.24) is 9.62 Å². The average Bonchev–Trinajstić information content (AvgIpc) is 2.67. The molecule has 0 unspecified atom stereocenters. The molecule has 26 heavy (non-hydrogen) atoms. The quantitative estimate of drug-likeness (QED) is 0.810. The summed E-state index contributed by atoms with van der Waals surface area (Å²) in [6, 6.07) is 4.28. The lowest BCUT2D eigenvalue weighted by Gasteiger charge is -2.39. The fourth-order valence-corrected chi connectivity index (χ4v) is 4.83. The normalized spacial score (nSPS) is 21.0. The van der Waals surface area contributed by atoms with Gasteiger partial charge < -0.3 is 14.4 Å². The van der Waals surface area contributed by atoms with Crippen molar-refractivity contribution in [2.24, 2.45) is 5.92 Å². The van der Waals surface area contributed by atoms with Crippen LogP contribution >= 0.6 is 0 Å². The van der Waals surface area contributed by atoms with E-state index in [0.717, 1.165) is 58.1 Å². The molecular formula is C18H27FN2O4S. The van der Waals surface area contributed by atoms with Gasteiger partial charge in [-0.3, -0.25) is 0 Å². The van der Waals surface area contributed by atoms with Gasteiger partial charge in [0.05, 0.1) is 12.0 Å². The largest absolute Gasteiger partial charge is 0.494 e. The second-order valence-electron chi connectivity index (χ2n) is 6.97. The van der Waals surface area contributed by atoms with Crippen LogP contribution in [0.5, 0.6) is 5.75 Å². The van der Waals surface area contributed by atoms with E-state index in [0.29, 0.717) is 18.5 Å². The summed E-state index contributed by atoms with van der Waals surface area (Å²) in [6.07, 6.45) is 4.11. The number of methoxy groups -OCH3 is 1. The van der Waals surface area contributed by atoms with Gasteiger partial charge in [0.2, 0.25) is 10.0 Å². The summed E-state index contributed by atoms with van der Waals surface area (Å²) in [5.74, 6) is -0.339. The van der Waals surface area contributed by atoms with Gasteiger partial charge in [0.1, 0.15) is 0 Å². The first-order chi connectivity index (χ1) is 12.5. The van der Waals surface area contributed by atoms with Crippen molar-refractivity contribution in [3.8, 4) is 5.75 Å². The Morgan fingerprint density at radius 2 is 1.92 bits per heavy atom. The third-order valence-corrected chi connectivity index (χ3v) is 6.77. The number of hydrogen-bond acceptors (Lipinski definition) is 5. The molecule has 2 heterocycles. The van der Waals surface area contributed by atoms with Gasteiger partial charge in [-0.25, -0.2) is 17.5 Å². The van der Waals surface area contributed by atoms with E-state index >= 15 is 0 Å². The van der Waals surface area contributed by atoms with Crippen molar-refractivity contribution in [3.05, 3.63) is 24.0 Å². The van der Waals surface area contributed by atoms with Crippen LogP contribution in [0.2, 0.25) is 0 Å². The van der Waals surface area contributed by atoms with Gasteiger partial charge in [0.15, 0.2) is 11.6 Å². The zero-order valence-corrected chi connectivity index (χ0v) is 15.9. The number of ether oxygens (including phenoxy) is 2. The van der Waals surface area contributed by atoms with Gasteiger partial charge >= 0.3 is 0 Å². The Hall–Kier alpha value is -1.22. The number of benzene rings is 1. The predicted molar refractivity (Wildman–Crippen MR) is 96.3 cm³/mol. The lowest BCUT2D eigenvalue weighted by Crippen LogP contribution is -2.45. The van der Waals surface area contributed by atoms with Crippen molar-refractivity contribution in [3.63, 3.8) is 0 Å². The first kappa shape index (κ1) is 19.5. The van der Waals surface area contributed by atoms with Crippen molar-refractivity contribution in [2.45, 2.75) is 36.6 Å². The molecule has 146 valence electrons. The second-order valence-corrected chi connectivity index (χ2v) is 8.74. The number of hydrogen-bond donors (Lipinski definition) is 1. The molecule has 0 bridgehead atoms. The fraction of sp³-hybridized carbons (Fsp3) is 0.667. The molecular weight excluding hydrogens is 359 g/mol. The molecule has 2 saturated heterocycles. The molecule has 0 amide bonds. The van der Waals surface area contributed by atoms with Gasteiger partial charge in [0, 0.05) is 25.8 Å². The molecule has 0 aliphatic carbocycles. The SMILES string of the molecule is COc1ccc(S(=O)(=O)NCC2CCN(C3CCOCC3)CC2)cc1F. The van der Waals surface area contributed by atoms with Gasteiger partial charge in [-0.15, -0.1) is 0 Å². The van der Waals surface area contributed by atoms with Gasteiger partial charge in [0.25, 0.3) is 0 Å². The van der Waals surface area contributed by atoms with Crippen LogP contribution in [0.1, 0.15) is 25.7 Å². The van der Waals surface area contributed by atoms with E-state index in [4.69, 9.17) is 9.47 Å². The van der Waals surface area contributed by atoms with Crippen molar-refractivity contribution in [2.75, 3.05) is 40.0 Å². The first-order valence-corrected chi connectivity index (χ1v) is 10.6. The number of rotatable bonds is 6. The summed E-state index contributed by atoms with van der Waals surface area (Å²) in [7, 11) is -2.37. The Morgan fingerprint density at radius 3 is 2.54 bits per heavy atom. The zero-order valence-electron chi connectivity index (χ0n) is 15.1. The lowest BCUT2D eigenvalue weighted by molar-refractivity contribution is 0.0214. The number of halogens is 1. The minimum absolute atomic E-state index is 0.0319. The van der Waals surface area contributed by atoms with E-state index < -0.39 is 15.8 Å². The molecule has 1 N–H and O–H groups in total. The van der Waals surface area contributed by atoms with E-state index in [-0.39, 0.29) is 10.6 Å². The summed E-state index contributed by atoms with van der Waals surface area (Å²) in [4.78, 5) is 2.43. The Kier molecular flexibility index (Phi) is 6.50. The molecule has 0 aromatic heterocycles. The standard InChI is InChI=1S/C18H27FN2O4S/c1-24-18-3-2-16(12-17(18)19)26(22,23)20-13-14-4-8-21(9-5-14)15-6-10-25-11-7-15/h2-3,12,14-15,20H,4-11,13H2,1H3. The molecule has 8 heteroatoms. The number of nitrogens with zero attached hydrogens (tertiary/aromatic N) is 1. The predicted octanol–water partition coefficient (Wildman–Crippen LogP) is 2.00. The minimum Gasteiger partial charge on any atom is -0.494 e. The van der Waals surface area contributed by atoms with Crippen LogP contribution < -0.4 is 9.46 Å². The van der Waals surface area contributed by atoms with Gasteiger partial charge in [-0.05, 0) is 62.9 Å². The molecule has 2 aliphatic rings. The number of likely N-dealkylation sites (tertiary alicyclic amines) is 1. The van der Waals surface area contributed by atoms with E-state index in [1.165, 1.54) is 19.2 Å². The summed E-state index contributed by atoms with van der Waals surface area (Å²) in [5, 5.41) is 0. The monoisotopic (exact) mass is 386 g/mol. The molecule has 1 aromatic carbocycles. The van der Waals surface area contributed by atoms with Gasteiger partial charge in [-0.2, -0.15) is 0 Å². The average molecular weight is 386 g/mol. The number of piperidine rings is 1. The highest BCUT2D eigenvalue weighted by atomic mass is 32.2.